The zero-order chi connectivity index (χ0) is 24.7. The Kier molecular flexibility index (Phi) is 7.98. The smallest absolute Gasteiger partial charge is 0.256 e. The maximum Gasteiger partial charge on any atom is 0.256 e. The Hall–Kier alpha value is -3.75. The summed E-state index contributed by atoms with van der Waals surface area (Å²) >= 11 is 0. The van der Waals surface area contributed by atoms with Crippen molar-refractivity contribution in [1.29, 1.82) is 0 Å². The van der Waals surface area contributed by atoms with Gasteiger partial charge in [0.05, 0.1) is 6.61 Å². The molecule has 0 aliphatic rings. The van der Waals surface area contributed by atoms with Crippen LogP contribution in [0.15, 0.2) is 91.0 Å². The van der Waals surface area contributed by atoms with Gasteiger partial charge in [-0.2, -0.15) is 0 Å². The summed E-state index contributed by atoms with van der Waals surface area (Å²) in [7, 11) is 5.09. The lowest BCUT2D eigenvalue weighted by molar-refractivity contribution is -0.109. The standard InChI is InChI=1S/C26H29N3O4Si/c1-27(23(30)20-13-7-4-8-14-20)26(19-33-34,28(2)24(31)21-15-9-5-10-16-21)29(3)25(32)22-17-11-6-12-18-22/h4-18H,19H2,1-3,34H3. The number of hydrogen-bond acceptors (Lipinski definition) is 4. The van der Waals surface area contributed by atoms with Gasteiger partial charge in [0.1, 0.15) is 10.5 Å². The van der Waals surface area contributed by atoms with Gasteiger partial charge in [0.25, 0.3) is 17.7 Å². The molecule has 0 radical (unpaired) electrons. The lowest BCUT2D eigenvalue weighted by atomic mass is 10.1. The van der Waals surface area contributed by atoms with Crippen molar-refractivity contribution < 1.29 is 18.8 Å². The summed E-state index contributed by atoms with van der Waals surface area (Å²) in [5, 5.41) is 0. The van der Waals surface area contributed by atoms with E-state index >= 15 is 0 Å². The Balaban J connectivity index is 2.15. The molecule has 3 amide bonds. The van der Waals surface area contributed by atoms with Crippen molar-refractivity contribution in [3.63, 3.8) is 0 Å². The van der Waals surface area contributed by atoms with E-state index in [4.69, 9.17) is 4.43 Å². The number of rotatable bonds is 8. The highest BCUT2D eigenvalue weighted by Crippen LogP contribution is 2.28. The second kappa shape index (κ2) is 10.9. The lowest BCUT2D eigenvalue weighted by Crippen LogP contribution is -2.73. The Morgan fingerprint density at radius 1 is 0.618 bits per heavy atom. The first kappa shape index (κ1) is 24.9. The molecule has 0 saturated carbocycles. The van der Waals surface area contributed by atoms with Gasteiger partial charge < -0.3 is 4.43 Å². The molecule has 0 N–H and O–H groups in total. The van der Waals surface area contributed by atoms with Gasteiger partial charge in [-0.1, -0.05) is 54.6 Å². The lowest BCUT2D eigenvalue weighted by Gasteiger charge is -2.52. The van der Waals surface area contributed by atoms with Crippen LogP contribution in [0.3, 0.4) is 0 Å². The fourth-order valence-corrected chi connectivity index (χ4v) is 4.36. The summed E-state index contributed by atoms with van der Waals surface area (Å²) in [5.41, 5.74) is 1.30. The number of carbonyl (C=O) groups is 3. The van der Waals surface area contributed by atoms with Crippen LogP contribution < -0.4 is 0 Å². The van der Waals surface area contributed by atoms with E-state index in [-0.39, 0.29) is 24.3 Å². The maximum absolute atomic E-state index is 13.6. The SMILES string of the molecule is CN(C(=O)c1ccccc1)C(CO[SiH3])(N(C)C(=O)c1ccccc1)N(C)C(=O)c1ccccc1. The van der Waals surface area contributed by atoms with Crippen LogP contribution >= 0.6 is 0 Å². The molecule has 0 saturated heterocycles. The van der Waals surface area contributed by atoms with E-state index < -0.39 is 5.79 Å². The molecule has 176 valence electrons. The first-order valence-corrected chi connectivity index (χ1v) is 11.6. The Morgan fingerprint density at radius 2 is 0.882 bits per heavy atom. The van der Waals surface area contributed by atoms with E-state index in [1.54, 1.807) is 93.9 Å². The predicted octanol–water partition coefficient (Wildman–Crippen LogP) is 2.25. The third-order valence-corrected chi connectivity index (χ3v) is 6.21. The van der Waals surface area contributed by atoms with Gasteiger partial charge in [0.2, 0.25) is 5.79 Å². The van der Waals surface area contributed by atoms with Crippen LogP contribution in [0.1, 0.15) is 31.1 Å². The summed E-state index contributed by atoms with van der Waals surface area (Å²) in [6.07, 6.45) is 0. The number of likely N-dealkylation sites (N-methyl/N-ethyl adjacent to an activating group) is 3. The van der Waals surface area contributed by atoms with E-state index in [0.717, 1.165) is 0 Å². The minimum Gasteiger partial charge on any atom is -0.422 e. The van der Waals surface area contributed by atoms with Gasteiger partial charge in [0.15, 0.2) is 0 Å². The Morgan fingerprint density at radius 3 is 1.12 bits per heavy atom. The number of nitrogens with zero attached hydrogens (tertiary/aromatic N) is 3. The van der Waals surface area contributed by atoms with Crippen LogP contribution in [0, 0.1) is 0 Å². The summed E-state index contributed by atoms with van der Waals surface area (Å²) in [6, 6.07) is 26.3. The Labute approximate surface area is 203 Å². The van der Waals surface area contributed by atoms with Crippen LogP contribution in [0.2, 0.25) is 0 Å². The fraction of sp³-hybridized carbons (Fsp3) is 0.192. The second-order valence-corrected chi connectivity index (χ2v) is 8.48. The molecule has 34 heavy (non-hydrogen) atoms. The average Bonchev–Trinajstić information content (AvgIpc) is 2.90. The highest BCUT2D eigenvalue weighted by atomic mass is 28.2. The van der Waals surface area contributed by atoms with Gasteiger partial charge in [-0.15, -0.1) is 0 Å². The van der Waals surface area contributed by atoms with Crippen molar-refractivity contribution in [2.24, 2.45) is 0 Å². The van der Waals surface area contributed by atoms with E-state index in [2.05, 4.69) is 0 Å². The van der Waals surface area contributed by atoms with E-state index in [9.17, 15) is 14.4 Å². The maximum atomic E-state index is 13.6. The van der Waals surface area contributed by atoms with Crippen LogP contribution in [0.25, 0.3) is 0 Å². The van der Waals surface area contributed by atoms with Gasteiger partial charge in [-0.25, -0.2) is 0 Å². The molecular formula is C26H29N3O4Si. The van der Waals surface area contributed by atoms with E-state index in [1.807, 2.05) is 18.2 Å². The molecule has 0 aromatic heterocycles. The molecule has 0 atom stereocenters. The van der Waals surface area contributed by atoms with Crippen LogP contribution in [-0.4, -0.2) is 76.4 Å². The van der Waals surface area contributed by atoms with Crippen molar-refractivity contribution >= 4 is 28.2 Å². The third kappa shape index (κ3) is 4.78. The molecule has 0 spiro atoms. The molecule has 0 aliphatic heterocycles. The molecule has 0 fully saturated rings. The van der Waals surface area contributed by atoms with Gasteiger partial charge in [0, 0.05) is 37.8 Å². The van der Waals surface area contributed by atoms with Crippen LogP contribution in [0.4, 0.5) is 0 Å². The molecule has 7 nitrogen and oxygen atoms in total. The van der Waals surface area contributed by atoms with Crippen LogP contribution in [-0.2, 0) is 4.43 Å². The summed E-state index contributed by atoms with van der Waals surface area (Å²) in [5.74, 6) is -2.58. The van der Waals surface area contributed by atoms with E-state index in [1.165, 1.54) is 14.7 Å². The molecule has 3 aromatic carbocycles. The largest absolute Gasteiger partial charge is 0.422 e. The topological polar surface area (TPSA) is 70.2 Å². The van der Waals surface area contributed by atoms with Crippen molar-refractivity contribution in [3.8, 4) is 0 Å². The van der Waals surface area contributed by atoms with Crippen molar-refractivity contribution in [1.82, 2.24) is 14.7 Å². The van der Waals surface area contributed by atoms with Crippen molar-refractivity contribution in [3.05, 3.63) is 108 Å². The summed E-state index contributed by atoms with van der Waals surface area (Å²) in [6.45, 7) is -0.0710. The quantitative estimate of drug-likeness (QED) is 0.370. The number of carbonyl (C=O) groups excluding carboxylic acids is 3. The Bertz CT molecular complexity index is 987. The first-order valence-electron chi connectivity index (χ1n) is 10.8. The average molecular weight is 476 g/mol. The number of hydrogen-bond donors (Lipinski definition) is 0. The van der Waals surface area contributed by atoms with Crippen LogP contribution in [0.5, 0.6) is 0 Å². The highest BCUT2D eigenvalue weighted by molar-refractivity contribution is 6.00. The molecule has 0 bridgehead atoms. The molecule has 0 aliphatic carbocycles. The summed E-state index contributed by atoms with van der Waals surface area (Å²) in [4.78, 5) is 45.0. The summed E-state index contributed by atoms with van der Waals surface area (Å²) < 4.78 is 5.69. The molecule has 3 aromatic rings. The zero-order valence-electron chi connectivity index (χ0n) is 19.8. The molecule has 8 heteroatoms. The minimum absolute atomic E-state index is 0.0710. The van der Waals surface area contributed by atoms with Crippen molar-refractivity contribution in [2.75, 3.05) is 27.7 Å². The highest BCUT2D eigenvalue weighted by Gasteiger charge is 2.49. The monoisotopic (exact) mass is 475 g/mol. The van der Waals surface area contributed by atoms with Gasteiger partial charge in [-0.3, -0.25) is 29.1 Å². The number of amides is 3. The third-order valence-electron chi connectivity index (χ3n) is 5.93. The predicted molar refractivity (Wildman–Crippen MR) is 134 cm³/mol. The van der Waals surface area contributed by atoms with Gasteiger partial charge >= 0.3 is 0 Å². The minimum atomic E-state index is -1.53. The molecular weight excluding hydrogens is 446 g/mol. The molecule has 0 heterocycles. The number of benzene rings is 3. The fourth-order valence-electron chi connectivity index (χ4n) is 3.97. The molecule has 3 rings (SSSR count). The van der Waals surface area contributed by atoms with Gasteiger partial charge in [-0.05, 0) is 36.4 Å². The van der Waals surface area contributed by atoms with E-state index in [0.29, 0.717) is 27.2 Å². The zero-order valence-corrected chi connectivity index (χ0v) is 21.8. The first-order chi connectivity index (χ1) is 16.3. The molecule has 0 unspecified atom stereocenters. The van der Waals surface area contributed by atoms with Crippen molar-refractivity contribution in [2.45, 2.75) is 5.79 Å². The second-order valence-electron chi connectivity index (χ2n) is 7.90. The normalized spacial score (nSPS) is 11.0.